The van der Waals surface area contributed by atoms with E-state index in [1.807, 2.05) is 0 Å². The molecule has 0 atom stereocenters. The fraction of sp³-hybridized carbons (Fsp3) is 0.348. The van der Waals surface area contributed by atoms with E-state index in [4.69, 9.17) is 14.2 Å². The number of hydrogen-bond donors (Lipinski definition) is 1. The molecule has 32 heavy (non-hydrogen) atoms. The van der Waals surface area contributed by atoms with Crippen LogP contribution in [0.25, 0.3) is 6.08 Å². The lowest BCUT2D eigenvalue weighted by atomic mass is 10.2. The fourth-order valence-corrected chi connectivity index (χ4v) is 5.22. The zero-order chi connectivity index (χ0) is 23.1. The molecule has 2 aromatic rings. The Morgan fingerprint density at radius 1 is 0.906 bits per heavy atom. The Kier molecular flexibility index (Phi) is 7.76. The third-order valence-corrected chi connectivity index (χ3v) is 7.12. The first kappa shape index (κ1) is 23.6. The quantitative estimate of drug-likeness (QED) is 0.606. The molecule has 1 heterocycles. The Morgan fingerprint density at radius 3 is 2.22 bits per heavy atom. The van der Waals surface area contributed by atoms with Crippen LogP contribution in [0.4, 0.5) is 5.69 Å². The van der Waals surface area contributed by atoms with Crippen molar-refractivity contribution >= 4 is 27.7 Å². The van der Waals surface area contributed by atoms with Gasteiger partial charge in [0.15, 0.2) is 11.5 Å². The number of carbonyl (C=O) groups excluding carboxylic acids is 1. The van der Waals surface area contributed by atoms with Crippen LogP contribution in [-0.4, -0.2) is 53.0 Å². The molecule has 1 N–H and O–H groups in total. The van der Waals surface area contributed by atoms with E-state index in [1.54, 1.807) is 36.4 Å². The molecule has 172 valence electrons. The predicted molar refractivity (Wildman–Crippen MR) is 123 cm³/mol. The second kappa shape index (κ2) is 10.5. The van der Waals surface area contributed by atoms with Crippen LogP contribution in [0.2, 0.25) is 0 Å². The van der Waals surface area contributed by atoms with Gasteiger partial charge in [-0.3, -0.25) is 4.79 Å². The smallest absolute Gasteiger partial charge is 0.248 e. The SMILES string of the molecule is COc1ccc(NC(=O)/C=C/c2ccc(OC)c(S(=O)(=O)N3CCCCC3)c2)cc1OC. The summed E-state index contributed by atoms with van der Waals surface area (Å²) in [4.78, 5) is 12.5. The van der Waals surface area contributed by atoms with Crippen LogP contribution in [0, 0.1) is 0 Å². The van der Waals surface area contributed by atoms with Crippen molar-refractivity contribution in [1.82, 2.24) is 4.31 Å². The Morgan fingerprint density at radius 2 is 1.56 bits per heavy atom. The van der Waals surface area contributed by atoms with Gasteiger partial charge in [-0.25, -0.2) is 8.42 Å². The summed E-state index contributed by atoms with van der Waals surface area (Å²) in [5.41, 5.74) is 1.12. The first-order valence-corrected chi connectivity index (χ1v) is 11.7. The molecule has 0 saturated carbocycles. The van der Waals surface area contributed by atoms with Gasteiger partial charge in [-0.1, -0.05) is 12.5 Å². The maximum Gasteiger partial charge on any atom is 0.248 e. The molecule has 1 fully saturated rings. The lowest BCUT2D eigenvalue weighted by Crippen LogP contribution is -2.35. The molecular weight excluding hydrogens is 432 g/mol. The summed E-state index contributed by atoms with van der Waals surface area (Å²) in [6.45, 7) is 0.999. The molecule has 0 radical (unpaired) electrons. The van der Waals surface area contributed by atoms with Gasteiger partial charge in [0, 0.05) is 30.9 Å². The molecule has 0 aromatic heterocycles. The zero-order valence-electron chi connectivity index (χ0n) is 18.5. The zero-order valence-corrected chi connectivity index (χ0v) is 19.3. The van der Waals surface area contributed by atoms with Crippen LogP contribution in [0.15, 0.2) is 47.4 Å². The van der Waals surface area contributed by atoms with Crippen molar-refractivity contribution in [3.63, 3.8) is 0 Å². The fourth-order valence-electron chi connectivity index (χ4n) is 3.51. The van der Waals surface area contributed by atoms with Crippen molar-refractivity contribution < 1.29 is 27.4 Å². The average molecular weight is 461 g/mol. The second-order valence-corrected chi connectivity index (χ2v) is 9.17. The van der Waals surface area contributed by atoms with Gasteiger partial charge in [-0.15, -0.1) is 0 Å². The number of benzene rings is 2. The molecule has 1 aliphatic rings. The molecular formula is C23H28N2O6S. The lowest BCUT2D eigenvalue weighted by Gasteiger charge is -2.26. The summed E-state index contributed by atoms with van der Waals surface area (Å²) >= 11 is 0. The van der Waals surface area contributed by atoms with Crippen molar-refractivity contribution in [2.75, 3.05) is 39.7 Å². The lowest BCUT2D eigenvalue weighted by molar-refractivity contribution is -0.111. The number of rotatable bonds is 8. The number of anilines is 1. The van der Waals surface area contributed by atoms with Crippen molar-refractivity contribution in [2.24, 2.45) is 0 Å². The largest absolute Gasteiger partial charge is 0.495 e. The van der Waals surface area contributed by atoms with Crippen LogP contribution < -0.4 is 19.5 Å². The van der Waals surface area contributed by atoms with E-state index in [1.165, 1.54) is 37.8 Å². The number of sulfonamides is 1. The van der Waals surface area contributed by atoms with E-state index in [9.17, 15) is 13.2 Å². The normalized spacial score (nSPS) is 14.8. The summed E-state index contributed by atoms with van der Waals surface area (Å²) in [6, 6.07) is 9.88. The van der Waals surface area contributed by atoms with Crippen molar-refractivity contribution in [3.8, 4) is 17.2 Å². The van der Waals surface area contributed by atoms with Gasteiger partial charge < -0.3 is 19.5 Å². The summed E-state index contributed by atoms with van der Waals surface area (Å²) in [5, 5.41) is 2.74. The highest BCUT2D eigenvalue weighted by atomic mass is 32.2. The minimum absolute atomic E-state index is 0.101. The van der Waals surface area contributed by atoms with Crippen LogP contribution in [0.3, 0.4) is 0 Å². The summed E-state index contributed by atoms with van der Waals surface area (Å²) in [7, 11) is 0.812. The molecule has 3 rings (SSSR count). The van der Waals surface area contributed by atoms with Crippen LogP contribution in [0.5, 0.6) is 17.2 Å². The standard InChI is InChI=1S/C23H28N2O6S/c1-29-19-11-9-18(16-21(19)31-3)24-23(26)12-8-17-7-10-20(30-2)22(15-17)32(27,28)25-13-5-4-6-14-25/h7-12,15-16H,4-6,13-14H2,1-3H3,(H,24,26)/b12-8+. The molecule has 0 spiro atoms. The summed E-state index contributed by atoms with van der Waals surface area (Å²) in [6.07, 6.45) is 5.62. The maximum atomic E-state index is 13.1. The monoisotopic (exact) mass is 460 g/mol. The van der Waals surface area contributed by atoms with E-state index < -0.39 is 10.0 Å². The highest BCUT2D eigenvalue weighted by Crippen LogP contribution is 2.31. The van der Waals surface area contributed by atoms with Crippen molar-refractivity contribution in [3.05, 3.63) is 48.0 Å². The molecule has 1 saturated heterocycles. The van der Waals surface area contributed by atoms with Gasteiger partial charge >= 0.3 is 0 Å². The number of ether oxygens (including phenoxy) is 3. The number of carbonyl (C=O) groups is 1. The van der Waals surface area contributed by atoms with Gasteiger partial charge in [-0.2, -0.15) is 4.31 Å². The minimum atomic E-state index is -3.68. The van der Waals surface area contributed by atoms with E-state index in [2.05, 4.69) is 5.32 Å². The number of amides is 1. The highest BCUT2D eigenvalue weighted by Gasteiger charge is 2.29. The molecule has 0 unspecified atom stereocenters. The summed E-state index contributed by atoms with van der Waals surface area (Å²) in [5.74, 6) is 0.967. The van der Waals surface area contributed by atoms with Gasteiger partial charge in [-0.05, 0) is 48.7 Å². The van der Waals surface area contributed by atoms with E-state index in [0.717, 1.165) is 19.3 Å². The van der Waals surface area contributed by atoms with Gasteiger partial charge in [0.25, 0.3) is 0 Å². The number of nitrogens with zero attached hydrogens (tertiary/aromatic N) is 1. The van der Waals surface area contributed by atoms with Crippen LogP contribution in [0.1, 0.15) is 24.8 Å². The third kappa shape index (κ3) is 5.41. The Labute approximate surface area is 188 Å². The van der Waals surface area contributed by atoms with E-state index in [-0.39, 0.29) is 16.6 Å². The van der Waals surface area contributed by atoms with Gasteiger partial charge in [0.1, 0.15) is 10.6 Å². The van der Waals surface area contributed by atoms with E-state index in [0.29, 0.717) is 35.8 Å². The number of piperidine rings is 1. The molecule has 1 amide bonds. The highest BCUT2D eigenvalue weighted by molar-refractivity contribution is 7.89. The molecule has 9 heteroatoms. The Balaban J connectivity index is 1.78. The maximum absolute atomic E-state index is 13.1. The first-order valence-electron chi connectivity index (χ1n) is 10.3. The summed E-state index contributed by atoms with van der Waals surface area (Å²) < 4.78 is 43.5. The third-order valence-electron chi connectivity index (χ3n) is 5.20. The van der Waals surface area contributed by atoms with Gasteiger partial charge in [0.2, 0.25) is 15.9 Å². The molecule has 8 nitrogen and oxygen atoms in total. The first-order chi connectivity index (χ1) is 15.4. The Bertz CT molecular complexity index is 1090. The molecule has 1 aliphatic heterocycles. The average Bonchev–Trinajstić information content (AvgIpc) is 2.83. The molecule has 2 aromatic carbocycles. The molecule has 0 bridgehead atoms. The number of methoxy groups -OCH3 is 3. The molecule has 0 aliphatic carbocycles. The van der Waals surface area contributed by atoms with Crippen LogP contribution in [-0.2, 0) is 14.8 Å². The minimum Gasteiger partial charge on any atom is -0.495 e. The number of nitrogens with one attached hydrogen (secondary N) is 1. The van der Waals surface area contributed by atoms with E-state index >= 15 is 0 Å². The number of hydrogen-bond acceptors (Lipinski definition) is 6. The van der Waals surface area contributed by atoms with Crippen molar-refractivity contribution in [1.29, 1.82) is 0 Å². The Hall–Kier alpha value is -3.04. The second-order valence-electron chi connectivity index (χ2n) is 7.27. The van der Waals surface area contributed by atoms with Gasteiger partial charge in [0.05, 0.1) is 21.3 Å². The van der Waals surface area contributed by atoms with Crippen molar-refractivity contribution in [2.45, 2.75) is 24.2 Å². The van der Waals surface area contributed by atoms with Crippen LogP contribution >= 0.6 is 0 Å². The topological polar surface area (TPSA) is 94.2 Å². The predicted octanol–water partition coefficient (Wildman–Crippen LogP) is 3.54.